The Morgan fingerprint density at radius 2 is 1.76 bits per heavy atom. The minimum Gasteiger partial charge on any atom is -0.479 e. The van der Waals surface area contributed by atoms with Gasteiger partial charge in [-0.1, -0.05) is 49.4 Å². The van der Waals surface area contributed by atoms with Crippen molar-refractivity contribution < 1.29 is 9.90 Å². The molecule has 0 radical (unpaired) electrons. The number of rotatable bonds is 6. The van der Waals surface area contributed by atoms with Crippen LogP contribution in [0.15, 0.2) is 59.1 Å². The van der Waals surface area contributed by atoms with E-state index in [1.165, 1.54) is 0 Å². The summed E-state index contributed by atoms with van der Waals surface area (Å²) in [4.78, 5) is 11.9. The molecule has 0 aliphatic rings. The van der Waals surface area contributed by atoms with E-state index in [0.29, 0.717) is 12.8 Å². The van der Waals surface area contributed by atoms with Crippen molar-refractivity contribution in [2.75, 3.05) is 5.32 Å². The topological polar surface area (TPSA) is 49.3 Å². The summed E-state index contributed by atoms with van der Waals surface area (Å²) in [5.74, 6) is -0.843. The van der Waals surface area contributed by atoms with Gasteiger partial charge in [0.15, 0.2) is 0 Å². The summed E-state index contributed by atoms with van der Waals surface area (Å²) in [5.41, 5.74) is 0.768. The molecule has 0 amide bonds. The number of benzene rings is 2. The quantitative estimate of drug-likeness (QED) is 0.817. The fraction of sp³-hybridized carbons (Fsp3) is 0.235. The number of hydrogen-bond acceptors (Lipinski definition) is 2. The summed E-state index contributed by atoms with van der Waals surface area (Å²) in [6, 6.07) is 17.3. The van der Waals surface area contributed by atoms with Gasteiger partial charge in [-0.25, -0.2) is 4.79 Å². The molecule has 3 nitrogen and oxygen atoms in total. The molecule has 2 aromatic rings. The lowest BCUT2D eigenvalue weighted by Crippen LogP contribution is -2.48. The van der Waals surface area contributed by atoms with E-state index < -0.39 is 11.5 Å². The third-order valence-corrected chi connectivity index (χ3v) is 4.30. The maximum atomic E-state index is 11.9. The van der Waals surface area contributed by atoms with Crippen LogP contribution in [0.5, 0.6) is 0 Å². The molecular weight excluding hydrogens is 330 g/mol. The van der Waals surface area contributed by atoms with Crippen molar-refractivity contribution in [3.63, 3.8) is 0 Å². The molecule has 1 unspecified atom stereocenters. The molecule has 1 atom stereocenters. The van der Waals surface area contributed by atoms with Crippen molar-refractivity contribution in [2.45, 2.75) is 25.3 Å². The predicted octanol–water partition coefficient (Wildman–Crippen LogP) is 4.34. The van der Waals surface area contributed by atoms with Crippen LogP contribution in [-0.4, -0.2) is 16.6 Å². The summed E-state index contributed by atoms with van der Waals surface area (Å²) in [6.45, 7) is 1.89. The van der Waals surface area contributed by atoms with Crippen molar-refractivity contribution >= 4 is 27.6 Å². The molecule has 0 aromatic heterocycles. The first kappa shape index (κ1) is 15.6. The summed E-state index contributed by atoms with van der Waals surface area (Å²) < 4.78 is 0.858. The van der Waals surface area contributed by atoms with E-state index in [4.69, 9.17) is 0 Å². The van der Waals surface area contributed by atoms with Crippen LogP contribution < -0.4 is 5.32 Å². The van der Waals surface area contributed by atoms with Crippen LogP contribution in [0, 0.1) is 0 Å². The van der Waals surface area contributed by atoms with Gasteiger partial charge in [0.05, 0.1) is 0 Å². The molecule has 0 saturated carbocycles. The van der Waals surface area contributed by atoms with Gasteiger partial charge >= 0.3 is 5.97 Å². The zero-order chi connectivity index (χ0) is 15.3. The van der Waals surface area contributed by atoms with Gasteiger partial charge in [0.25, 0.3) is 0 Å². The molecule has 0 bridgehead atoms. The highest BCUT2D eigenvalue weighted by Gasteiger charge is 2.37. The van der Waals surface area contributed by atoms with Gasteiger partial charge in [-0.2, -0.15) is 0 Å². The molecule has 0 aliphatic carbocycles. The molecule has 2 rings (SSSR count). The Morgan fingerprint density at radius 1 is 1.14 bits per heavy atom. The monoisotopic (exact) mass is 347 g/mol. The fourth-order valence-electron chi connectivity index (χ4n) is 2.30. The lowest BCUT2D eigenvalue weighted by molar-refractivity contribution is -0.142. The zero-order valence-corrected chi connectivity index (χ0v) is 13.4. The minimum absolute atomic E-state index is 0.432. The lowest BCUT2D eigenvalue weighted by atomic mass is 9.87. The second-order valence-corrected chi connectivity index (χ2v) is 5.86. The first-order chi connectivity index (χ1) is 10.1. The summed E-state index contributed by atoms with van der Waals surface area (Å²) in [5, 5.41) is 13.0. The second kappa shape index (κ2) is 6.76. The molecule has 2 aromatic carbocycles. The largest absolute Gasteiger partial charge is 0.479 e. The Morgan fingerprint density at radius 3 is 2.33 bits per heavy atom. The van der Waals surface area contributed by atoms with E-state index in [9.17, 15) is 9.90 Å². The Labute approximate surface area is 133 Å². The molecular formula is C17H18BrNO2. The highest BCUT2D eigenvalue weighted by molar-refractivity contribution is 9.10. The summed E-state index contributed by atoms with van der Waals surface area (Å²) >= 11 is 3.46. The molecule has 0 saturated heterocycles. The number of nitrogens with one attached hydrogen (secondary N) is 1. The Hall–Kier alpha value is -1.81. The second-order valence-electron chi connectivity index (χ2n) is 5.01. The SMILES string of the molecule is CCC(Cc1ccccc1)(Nc1ccccc1Br)C(=O)O. The number of anilines is 1. The molecule has 21 heavy (non-hydrogen) atoms. The van der Waals surface area contributed by atoms with Gasteiger partial charge in [0, 0.05) is 16.6 Å². The maximum Gasteiger partial charge on any atom is 0.329 e. The van der Waals surface area contributed by atoms with E-state index in [0.717, 1.165) is 15.7 Å². The number of hydrogen-bond donors (Lipinski definition) is 2. The van der Waals surface area contributed by atoms with Crippen LogP contribution in [0.1, 0.15) is 18.9 Å². The van der Waals surface area contributed by atoms with Gasteiger partial charge in [-0.3, -0.25) is 0 Å². The van der Waals surface area contributed by atoms with Gasteiger partial charge in [0.1, 0.15) is 5.54 Å². The van der Waals surface area contributed by atoms with Crippen LogP contribution in [0.2, 0.25) is 0 Å². The number of carboxylic acid groups (broad SMARTS) is 1. The molecule has 0 spiro atoms. The lowest BCUT2D eigenvalue weighted by Gasteiger charge is -2.31. The van der Waals surface area contributed by atoms with Gasteiger partial charge < -0.3 is 10.4 Å². The average molecular weight is 348 g/mol. The standard InChI is InChI=1S/C17H18BrNO2/c1-2-17(16(20)21,12-13-8-4-3-5-9-13)19-15-11-7-6-10-14(15)18/h3-11,19H,2,12H2,1H3,(H,20,21). The van der Waals surface area contributed by atoms with Gasteiger partial charge in [-0.05, 0) is 40.0 Å². The predicted molar refractivity (Wildman–Crippen MR) is 88.6 cm³/mol. The number of aliphatic carboxylic acids is 1. The zero-order valence-electron chi connectivity index (χ0n) is 11.8. The molecule has 2 N–H and O–H groups in total. The third kappa shape index (κ3) is 3.64. The smallest absolute Gasteiger partial charge is 0.329 e. The van der Waals surface area contributed by atoms with Gasteiger partial charge in [-0.15, -0.1) is 0 Å². The highest BCUT2D eigenvalue weighted by atomic mass is 79.9. The van der Waals surface area contributed by atoms with Crippen LogP contribution in [0.4, 0.5) is 5.69 Å². The van der Waals surface area contributed by atoms with E-state index in [-0.39, 0.29) is 0 Å². The fourth-order valence-corrected chi connectivity index (χ4v) is 2.69. The number of carboxylic acids is 1. The van der Waals surface area contributed by atoms with Crippen LogP contribution in [0.25, 0.3) is 0 Å². The highest BCUT2D eigenvalue weighted by Crippen LogP contribution is 2.29. The van der Waals surface area contributed by atoms with Crippen LogP contribution in [-0.2, 0) is 11.2 Å². The average Bonchev–Trinajstić information content (AvgIpc) is 2.49. The molecule has 110 valence electrons. The third-order valence-electron chi connectivity index (χ3n) is 3.61. The number of halogens is 1. The molecule has 4 heteroatoms. The Balaban J connectivity index is 2.33. The van der Waals surface area contributed by atoms with Crippen molar-refractivity contribution in [1.82, 2.24) is 0 Å². The summed E-state index contributed by atoms with van der Waals surface area (Å²) in [6.07, 6.45) is 0.916. The first-order valence-electron chi connectivity index (χ1n) is 6.87. The van der Waals surface area contributed by atoms with Crippen molar-refractivity contribution in [3.8, 4) is 0 Å². The molecule has 0 aliphatic heterocycles. The molecule has 0 heterocycles. The van der Waals surface area contributed by atoms with E-state index in [1.807, 2.05) is 61.5 Å². The number of carbonyl (C=O) groups is 1. The van der Waals surface area contributed by atoms with Crippen molar-refractivity contribution in [2.24, 2.45) is 0 Å². The van der Waals surface area contributed by atoms with Crippen LogP contribution >= 0.6 is 15.9 Å². The van der Waals surface area contributed by atoms with E-state index >= 15 is 0 Å². The Bertz CT molecular complexity index is 615. The van der Waals surface area contributed by atoms with E-state index in [1.54, 1.807) is 0 Å². The number of para-hydroxylation sites is 1. The first-order valence-corrected chi connectivity index (χ1v) is 7.67. The normalized spacial score (nSPS) is 13.4. The van der Waals surface area contributed by atoms with Crippen LogP contribution in [0.3, 0.4) is 0 Å². The maximum absolute atomic E-state index is 11.9. The summed E-state index contributed by atoms with van der Waals surface area (Å²) in [7, 11) is 0. The minimum atomic E-state index is -1.02. The molecule has 0 fully saturated rings. The van der Waals surface area contributed by atoms with Gasteiger partial charge in [0.2, 0.25) is 0 Å². The van der Waals surface area contributed by atoms with Crippen molar-refractivity contribution in [1.29, 1.82) is 0 Å². The van der Waals surface area contributed by atoms with Crippen molar-refractivity contribution in [3.05, 3.63) is 64.6 Å². The van der Waals surface area contributed by atoms with E-state index in [2.05, 4.69) is 21.2 Å². The Kier molecular flexibility index (Phi) is 5.02.